The summed E-state index contributed by atoms with van der Waals surface area (Å²) in [5.41, 5.74) is 4.03. The zero-order chi connectivity index (χ0) is 26.1. The predicted octanol–water partition coefficient (Wildman–Crippen LogP) is 6.00. The fourth-order valence-electron chi connectivity index (χ4n) is 3.88. The summed E-state index contributed by atoms with van der Waals surface area (Å²) in [5.74, 6) is 0.278. The van der Waals surface area contributed by atoms with Gasteiger partial charge in [0.25, 0.3) is 5.91 Å². The summed E-state index contributed by atoms with van der Waals surface area (Å²) in [6.45, 7) is 8.14. The predicted molar refractivity (Wildman–Crippen MR) is 148 cm³/mol. The molecular weight excluding hydrogens is 516 g/mol. The van der Waals surface area contributed by atoms with Gasteiger partial charge in [-0.2, -0.15) is 0 Å². The number of nitrogens with one attached hydrogen (secondary N) is 1. The second-order valence-corrected chi connectivity index (χ2v) is 10.1. The van der Waals surface area contributed by atoms with Gasteiger partial charge in [-0.05, 0) is 67.6 Å². The smallest absolute Gasteiger partial charge is 0.261 e. The van der Waals surface area contributed by atoms with E-state index in [4.69, 9.17) is 4.74 Å². The van der Waals surface area contributed by atoms with Crippen LogP contribution in [0.5, 0.6) is 5.75 Å². The molecular formula is C30H35BrN2O3. The van der Waals surface area contributed by atoms with Crippen molar-refractivity contribution in [3.63, 3.8) is 0 Å². The molecule has 0 spiro atoms. The lowest BCUT2D eigenvalue weighted by Crippen LogP contribution is -2.53. The van der Waals surface area contributed by atoms with Crippen molar-refractivity contribution in [3.8, 4) is 5.75 Å². The molecule has 0 radical (unpaired) electrons. The highest BCUT2D eigenvalue weighted by Gasteiger charge is 2.31. The fraction of sp³-hybridized carbons (Fsp3) is 0.333. The van der Waals surface area contributed by atoms with Gasteiger partial charge in [0.05, 0.1) is 0 Å². The molecule has 0 heterocycles. The third-order valence-corrected chi connectivity index (χ3v) is 6.97. The Kier molecular flexibility index (Phi) is 10.1. The van der Waals surface area contributed by atoms with Crippen LogP contribution in [0, 0.1) is 13.8 Å². The fourth-order valence-corrected chi connectivity index (χ4v) is 4.15. The van der Waals surface area contributed by atoms with Crippen LogP contribution in [0.2, 0.25) is 0 Å². The highest BCUT2D eigenvalue weighted by molar-refractivity contribution is 9.10. The van der Waals surface area contributed by atoms with Crippen LogP contribution in [0.25, 0.3) is 0 Å². The Morgan fingerprint density at radius 1 is 0.944 bits per heavy atom. The number of aryl methyl sites for hydroxylation is 1. The topological polar surface area (TPSA) is 58.6 Å². The summed E-state index contributed by atoms with van der Waals surface area (Å²) in [6, 6.07) is 22.7. The van der Waals surface area contributed by atoms with Crippen LogP contribution in [-0.4, -0.2) is 35.4 Å². The number of carbonyl (C=O) groups is 2. The second-order valence-electron chi connectivity index (χ2n) is 9.16. The number of nitrogens with zero attached hydrogens (tertiary/aromatic N) is 1. The molecule has 0 bridgehead atoms. The van der Waals surface area contributed by atoms with Gasteiger partial charge in [0, 0.05) is 23.5 Å². The van der Waals surface area contributed by atoms with E-state index >= 15 is 0 Å². The first kappa shape index (κ1) is 27.5. The number of hydrogen-bond acceptors (Lipinski definition) is 3. The van der Waals surface area contributed by atoms with E-state index in [0.717, 1.165) is 33.1 Å². The van der Waals surface area contributed by atoms with E-state index in [9.17, 15) is 9.59 Å². The van der Waals surface area contributed by atoms with Gasteiger partial charge in [-0.3, -0.25) is 9.59 Å². The molecule has 0 aliphatic heterocycles. The van der Waals surface area contributed by atoms with Crippen molar-refractivity contribution < 1.29 is 14.3 Å². The van der Waals surface area contributed by atoms with Crippen LogP contribution in [0.1, 0.15) is 42.5 Å². The van der Waals surface area contributed by atoms with E-state index in [1.54, 1.807) is 4.90 Å². The molecule has 0 aromatic heterocycles. The quantitative estimate of drug-likeness (QED) is 0.318. The molecule has 0 saturated carbocycles. The van der Waals surface area contributed by atoms with Gasteiger partial charge in [-0.1, -0.05) is 77.5 Å². The van der Waals surface area contributed by atoms with E-state index in [-0.39, 0.29) is 24.5 Å². The molecule has 190 valence electrons. The van der Waals surface area contributed by atoms with E-state index in [0.29, 0.717) is 18.7 Å². The minimum Gasteiger partial charge on any atom is -0.483 e. The molecule has 0 aliphatic rings. The average molecular weight is 552 g/mol. The van der Waals surface area contributed by atoms with Crippen LogP contribution in [0.3, 0.4) is 0 Å². The molecule has 0 fully saturated rings. The van der Waals surface area contributed by atoms with Crippen molar-refractivity contribution >= 4 is 27.7 Å². The minimum absolute atomic E-state index is 0.00611. The SMILES string of the molecule is CC[C@@H](C)NC(=O)[C@H](Cc1ccccc1)N(Cc1ccc(Br)cc1)C(=O)COc1cccc(C)c1C. The van der Waals surface area contributed by atoms with Gasteiger partial charge in [-0.15, -0.1) is 0 Å². The summed E-state index contributed by atoms with van der Waals surface area (Å²) in [6.07, 6.45) is 1.22. The standard InChI is InChI=1S/C30H35BrN2O3/c1-5-22(3)32-30(35)27(18-24-11-7-6-8-12-24)33(19-25-14-16-26(31)17-15-25)29(34)20-36-28-13-9-10-21(2)23(28)4/h6-17,22,27H,5,18-20H2,1-4H3,(H,32,35)/t22-,27+/m1/s1. The Hall–Kier alpha value is -3.12. The number of carbonyl (C=O) groups excluding carboxylic acids is 2. The van der Waals surface area contributed by atoms with Crippen LogP contribution >= 0.6 is 15.9 Å². The van der Waals surface area contributed by atoms with Crippen LogP contribution in [0.4, 0.5) is 0 Å². The maximum atomic E-state index is 13.7. The van der Waals surface area contributed by atoms with Gasteiger partial charge in [-0.25, -0.2) is 0 Å². The third-order valence-electron chi connectivity index (χ3n) is 6.44. The van der Waals surface area contributed by atoms with Crippen LogP contribution < -0.4 is 10.1 Å². The largest absolute Gasteiger partial charge is 0.483 e. The molecule has 5 nitrogen and oxygen atoms in total. The van der Waals surface area contributed by atoms with E-state index in [1.807, 2.05) is 100 Å². The summed E-state index contributed by atoms with van der Waals surface area (Å²) < 4.78 is 6.93. The molecule has 2 atom stereocenters. The first-order valence-electron chi connectivity index (χ1n) is 12.4. The Balaban J connectivity index is 1.92. The Bertz CT molecular complexity index is 1150. The second kappa shape index (κ2) is 13.3. The molecule has 36 heavy (non-hydrogen) atoms. The van der Waals surface area contributed by atoms with Crippen molar-refractivity contribution in [2.45, 2.75) is 59.2 Å². The van der Waals surface area contributed by atoms with E-state index in [2.05, 4.69) is 21.2 Å². The highest BCUT2D eigenvalue weighted by atomic mass is 79.9. The van der Waals surface area contributed by atoms with Gasteiger partial charge in [0.1, 0.15) is 11.8 Å². The van der Waals surface area contributed by atoms with Crippen LogP contribution in [0.15, 0.2) is 77.3 Å². The summed E-state index contributed by atoms with van der Waals surface area (Å²) >= 11 is 3.47. The molecule has 3 rings (SSSR count). The first-order valence-corrected chi connectivity index (χ1v) is 13.1. The Morgan fingerprint density at radius 3 is 2.31 bits per heavy atom. The van der Waals surface area contributed by atoms with Crippen molar-refractivity contribution in [1.82, 2.24) is 10.2 Å². The maximum absolute atomic E-state index is 13.7. The number of rotatable bonds is 11. The lowest BCUT2D eigenvalue weighted by molar-refractivity contribution is -0.143. The van der Waals surface area contributed by atoms with Crippen molar-refractivity contribution in [1.29, 1.82) is 0 Å². The number of benzene rings is 3. The number of amides is 2. The normalized spacial score (nSPS) is 12.5. The molecule has 3 aromatic rings. The molecule has 0 unspecified atom stereocenters. The molecule has 3 aromatic carbocycles. The Morgan fingerprint density at radius 2 is 1.64 bits per heavy atom. The van der Waals surface area contributed by atoms with Crippen molar-refractivity contribution in [2.75, 3.05) is 6.61 Å². The highest BCUT2D eigenvalue weighted by Crippen LogP contribution is 2.22. The van der Waals surface area contributed by atoms with Crippen molar-refractivity contribution in [2.24, 2.45) is 0 Å². The van der Waals surface area contributed by atoms with E-state index in [1.165, 1.54) is 0 Å². The van der Waals surface area contributed by atoms with Gasteiger partial charge >= 0.3 is 0 Å². The van der Waals surface area contributed by atoms with Gasteiger partial charge in [0.2, 0.25) is 5.91 Å². The minimum atomic E-state index is -0.681. The lowest BCUT2D eigenvalue weighted by Gasteiger charge is -2.32. The lowest BCUT2D eigenvalue weighted by atomic mass is 10.0. The molecule has 0 aliphatic carbocycles. The van der Waals surface area contributed by atoms with E-state index < -0.39 is 6.04 Å². The Labute approximate surface area is 223 Å². The molecule has 6 heteroatoms. The number of hydrogen-bond donors (Lipinski definition) is 1. The summed E-state index contributed by atoms with van der Waals surface area (Å²) in [4.78, 5) is 28.9. The first-order chi connectivity index (χ1) is 17.3. The van der Waals surface area contributed by atoms with Gasteiger partial charge < -0.3 is 15.0 Å². The zero-order valence-corrected chi connectivity index (χ0v) is 23.0. The number of ether oxygens (including phenoxy) is 1. The number of halogens is 1. The molecule has 0 saturated heterocycles. The van der Waals surface area contributed by atoms with Crippen LogP contribution in [-0.2, 0) is 22.6 Å². The average Bonchev–Trinajstić information content (AvgIpc) is 2.88. The third kappa shape index (κ3) is 7.69. The molecule has 1 N–H and O–H groups in total. The summed E-state index contributed by atoms with van der Waals surface area (Å²) in [5, 5.41) is 3.09. The van der Waals surface area contributed by atoms with Crippen molar-refractivity contribution in [3.05, 3.63) is 99.5 Å². The zero-order valence-electron chi connectivity index (χ0n) is 21.5. The monoisotopic (exact) mass is 550 g/mol. The molecule has 2 amide bonds. The summed E-state index contributed by atoms with van der Waals surface area (Å²) in [7, 11) is 0. The maximum Gasteiger partial charge on any atom is 0.261 e. The van der Waals surface area contributed by atoms with Gasteiger partial charge in [0.15, 0.2) is 6.61 Å².